The van der Waals surface area contributed by atoms with Gasteiger partial charge in [-0.3, -0.25) is 4.90 Å². The average molecular weight is 263 g/mol. The molecule has 14 heavy (non-hydrogen) atoms. The van der Waals surface area contributed by atoms with Crippen LogP contribution in [0.15, 0.2) is 0 Å². The van der Waals surface area contributed by atoms with E-state index in [1.165, 1.54) is 45.4 Å². The first-order chi connectivity index (χ1) is 6.77. The number of alkyl halides is 1. The van der Waals surface area contributed by atoms with Crippen LogP contribution in [0.3, 0.4) is 0 Å². The number of likely N-dealkylation sites (N-methyl/N-ethyl adjacent to an activating group) is 2. The number of hydrogen-bond donors (Lipinski definition) is 0. The van der Waals surface area contributed by atoms with Crippen molar-refractivity contribution in [3.8, 4) is 0 Å². The Labute approximate surface area is 96.8 Å². The topological polar surface area (TPSA) is 6.48 Å². The smallest absolute Gasteiger partial charge is 0.0223 e. The molecule has 1 heterocycles. The highest BCUT2D eigenvalue weighted by Crippen LogP contribution is 2.17. The standard InChI is InChI=1S/C11H23BrN2/c1-3-14-9-4-6-11(14)10-13(2)8-5-7-12/h11H,3-10H2,1-2H3. The molecule has 1 atom stereocenters. The summed E-state index contributed by atoms with van der Waals surface area (Å²) >= 11 is 3.48. The molecule has 0 spiro atoms. The molecule has 0 saturated carbocycles. The van der Waals surface area contributed by atoms with Crippen molar-refractivity contribution in [2.75, 3.05) is 38.6 Å². The van der Waals surface area contributed by atoms with E-state index in [9.17, 15) is 0 Å². The zero-order valence-corrected chi connectivity index (χ0v) is 11.1. The van der Waals surface area contributed by atoms with E-state index in [4.69, 9.17) is 0 Å². The van der Waals surface area contributed by atoms with Gasteiger partial charge in [0, 0.05) is 17.9 Å². The Hall–Kier alpha value is 0.400. The van der Waals surface area contributed by atoms with Gasteiger partial charge in [0.15, 0.2) is 0 Å². The van der Waals surface area contributed by atoms with Crippen molar-refractivity contribution in [1.29, 1.82) is 0 Å². The highest BCUT2D eigenvalue weighted by molar-refractivity contribution is 9.09. The van der Waals surface area contributed by atoms with E-state index in [-0.39, 0.29) is 0 Å². The lowest BCUT2D eigenvalue weighted by molar-refractivity contribution is 0.199. The predicted molar refractivity (Wildman–Crippen MR) is 66.2 cm³/mol. The summed E-state index contributed by atoms with van der Waals surface area (Å²) in [6.45, 7) is 7.28. The van der Waals surface area contributed by atoms with Gasteiger partial charge in [0.2, 0.25) is 0 Å². The molecule has 0 radical (unpaired) electrons. The molecular weight excluding hydrogens is 240 g/mol. The molecule has 84 valence electrons. The third kappa shape index (κ3) is 3.87. The first-order valence-electron chi connectivity index (χ1n) is 5.76. The molecule has 0 bridgehead atoms. The molecule has 1 aliphatic rings. The van der Waals surface area contributed by atoms with Crippen molar-refractivity contribution in [3.63, 3.8) is 0 Å². The van der Waals surface area contributed by atoms with Gasteiger partial charge in [0.05, 0.1) is 0 Å². The summed E-state index contributed by atoms with van der Waals surface area (Å²) in [4.78, 5) is 5.09. The molecule has 1 unspecified atom stereocenters. The molecule has 0 aliphatic carbocycles. The predicted octanol–water partition coefficient (Wildman–Crippen LogP) is 2.19. The fourth-order valence-electron chi connectivity index (χ4n) is 2.30. The summed E-state index contributed by atoms with van der Waals surface area (Å²) in [6, 6.07) is 0.820. The Balaban J connectivity index is 2.21. The molecule has 1 saturated heterocycles. The number of nitrogens with zero attached hydrogens (tertiary/aromatic N) is 2. The highest BCUT2D eigenvalue weighted by Gasteiger charge is 2.23. The molecule has 1 fully saturated rings. The van der Waals surface area contributed by atoms with Gasteiger partial charge in [0.25, 0.3) is 0 Å². The van der Waals surface area contributed by atoms with Gasteiger partial charge in [0.1, 0.15) is 0 Å². The maximum absolute atomic E-state index is 3.48. The summed E-state index contributed by atoms with van der Waals surface area (Å²) in [5, 5.41) is 1.12. The lowest BCUT2D eigenvalue weighted by Gasteiger charge is -2.27. The second-order valence-electron chi connectivity index (χ2n) is 4.23. The van der Waals surface area contributed by atoms with Crippen LogP contribution >= 0.6 is 15.9 Å². The molecule has 3 heteroatoms. The lowest BCUT2D eigenvalue weighted by atomic mass is 10.2. The molecule has 1 rings (SSSR count). The molecule has 1 aliphatic heterocycles. The summed E-state index contributed by atoms with van der Waals surface area (Å²) in [7, 11) is 2.24. The minimum Gasteiger partial charge on any atom is -0.305 e. The van der Waals surface area contributed by atoms with Crippen molar-refractivity contribution in [2.45, 2.75) is 32.2 Å². The fourth-order valence-corrected chi connectivity index (χ4v) is 2.55. The molecule has 0 N–H and O–H groups in total. The van der Waals surface area contributed by atoms with Crippen LogP contribution in [0, 0.1) is 0 Å². The van der Waals surface area contributed by atoms with E-state index < -0.39 is 0 Å². The monoisotopic (exact) mass is 262 g/mol. The van der Waals surface area contributed by atoms with Crippen LogP contribution in [0.4, 0.5) is 0 Å². The van der Waals surface area contributed by atoms with Crippen LogP contribution in [-0.2, 0) is 0 Å². The van der Waals surface area contributed by atoms with E-state index in [0.29, 0.717) is 0 Å². The van der Waals surface area contributed by atoms with Crippen LogP contribution in [-0.4, -0.2) is 54.4 Å². The van der Waals surface area contributed by atoms with Gasteiger partial charge < -0.3 is 4.90 Å². The first kappa shape index (κ1) is 12.5. The molecule has 0 aromatic carbocycles. The average Bonchev–Trinajstić information content (AvgIpc) is 2.62. The van der Waals surface area contributed by atoms with Crippen LogP contribution in [0.25, 0.3) is 0 Å². The third-order valence-electron chi connectivity index (χ3n) is 3.10. The van der Waals surface area contributed by atoms with Gasteiger partial charge in [-0.1, -0.05) is 22.9 Å². The van der Waals surface area contributed by atoms with Crippen LogP contribution < -0.4 is 0 Å². The van der Waals surface area contributed by atoms with E-state index in [1.807, 2.05) is 0 Å². The number of hydrogen-bond acceptors (Lipinski definition) is 2. The Bertz CT molecular complexity index is 152. The van der Waals surface area contributed by atoms with Gasteiger partial charge in [-0.2, -0.15) is 0 Å². The number of likely N-dealkylation sites (tertiary alicyclic amines) is 1. The maximum atomic E-state index is 3.48. The Morgan fingerprint density at radius 3 is 2.93 bits per heavy atom. The van der Waals surface area contributed by atoms with Crippen molar-refractivity contribution in [1.82, 2.24) is 9.80 Å². The van der Waals surface area contributed by atoms with Crippen molar-refractivity contribution in [3.05, 3.63) is 0 Å². The summed E-state index contributed by atoms with van der Waals surface area (Å²) in [5.74, 6) is 0. The van der Waals surface area contributed by atoms with Crippen molar-refractivity contribution < 1.29 is 0 Å². The third-order valence-corrected chi connectivity index (χ3v) is 3.66. The van der Waals surface area contributed by atoms with Crippen molar-refractivity contribution >= 4 is 15.9 Å². The van der Waals surface area contributed by atoms with Gasteiger partial charge in [-0.15, -0.1) is 0 Å². The SMILES string of the molecule is CCN1CCCC1CN(C)CCCBr. The van der Waals surface area contributed by atoms with E-state index in [1.54, 1.807) is 0 Å². The summed E-state index contributed by atoms with van der Waals surface area (Å²) in [5.41, 5.74) is 0. The lowest BCUT2D eigenvalue weighted by Crippen LogP contribution is -2.39. The van der Waals surface area contributed by atoms with Crippen LogP contribution in [0.2, 0.25) is 0 Å². The molecular formula is C11H23BrN2. The Morgan fingerprint density at radius 1 is 1.50 bits per heavy atom. The minimum atomic E-state index is 0.820. The quantitative estimate of drug-likeness (QED) is 0.678. The van der Waals surface area contributed by atoms with Crippen molar-refractivity contribution in [2.24, 2.45) is 0 Å². The fraction of sp³-hybridized carbons (Fsp3) is 1.00. The minimum absolute atomic E-state index is 0.820. The highest BCUT2D eigenvalue weighted by atomic mass is 79.9. The van der Waals surface area contributed by atoms with Gasteiger partial charge in [-0.25, -0.2) is 0 Å². The molecule has 0 aromatic heterocycles. The molecule has 0 amide bonds. The number of rotatable bonds is 6. The van der Waals surface area contributed by atoms with E-state index in [2.05, 4.69) is 39.7 Å². The molecule has 2 nitrogen and oxygen atoms in total. The Kier molecular flexibility index (Phi) is 6.06. The normalized spacial score (nSPS) is 23.6. The molecule has 0 aromatic rings. The zero-order valence-electron chi connectivity index (χ0n) is 9.51. The van der Waals surface area contributed by atoms with E-state index >= 15 is 0 Å². The van der Waals surface area contributed by atoms with E-state index in [0.717, 1.165) is 11.4 Å². The second-order valence-corrected chi connectivity index (χ2v) is 5.02. The van der Waals surface area contributed by atoms with Crippen LogP contribution in [0.5, 0.6) is 0 Å². The second kappa shape index (κ2) is 6.81. The first-order valence-corrected chi connectivity index (χ1v) is 6.88. The Morgan fingerprint density at radius 2 is 2.29 bits per heavy atom. The van der Waals surface area contributed by atoms with Gasteiger partial charge >= 0.3 is 0 Å². The van der Waals surface area contributed by atoms with Gasteiger partial charge in [-0.05, 0) is 45.9 Å². The largest absolute Gasteiger partial charge is 0.305 e. The summed E-state index contributed by atoms with van der Waals surface area (Å²) in [6.07, 6.45) is 4.05. The number of halogens is 1. The summed E-state index contributed by atoms with van der Waals surface area (Å²) < 4.78 is 0. The van der Waals surface area contributed by atoms with Crippen LogP contribution in [0.1, 0.15) is 26.2 Å². The maximum Gasteiger partial charge on any atom is 0.0223 e. The zero-order chi connectivity index (χ0) is 10.4.